The van der Waals surface area contributed by atoms with Crippen LogP contribution < -0.4 is 5.32 Å². The summed E-state index contributed by atoms with van der Waals surface area (Å²) in [4.78, 5) is 12.4. The van der Waals surface area contributed by atoms with Crippen LogP contribution >= 0.6 is 0 Å². The molecule has 6 heteroatoms. The zero-order valence-corrected chi connectivity index (χ0v) is 13.9. The molecular weight excluding hydrogens is 300 g/mol. The minimum absolute atomic E-state index is 0.490. The molecule has 0 amide bonds. The molecule has 3 aromatic heterocycles. The molecule has 24 heavy (non-hydrogen) atoms. The summed E-state index contributed by atoms with van der Waals surface area (Å²) >= 11 is 0. The second-order valence-corrected chi connectivity index (χ2v) is 6.63. The summed E-state index contributed by atoms with van der Waals surface area (Å²) in [7, 11) is 0. The van der Waals surface area contributed by atoms with Crippen molar-refractivity contribution in [3.8, 4) is 6.07 Å². The van der Waals surface area contributed by atoms with Gasteiger partial charge < -0.3 is 14.9 Å². The Kier molecular flexibility index (Phi) is 3.95. The van der Waals surface area contributed by atoms with Crippen molar-refractivity contribution in [1.82, 2.24) is 24.8 Å². The van der Waals surface area contributed by atoms with Crippen LogP contribution in [0.5, 0.6) is 0 Å². The van der Waals surface area contributed by atoms with Gasteiger partial charge >= 0.3 is 0 Å². The van der Waals surface area contributed by atoms with Crippen LogP contribution in [0.15, 0.2) is 18.5 Å². The molecule has 124 valence electrons. The van der Waals surface area contributed by atoms with Crippen LogP contribution in [0.25, 0.3) is 22.1 Å². The van der Waals surface area contributed by atoms with Crippen LogP contribution in [0.2, 0.25) is 0 Å². The first-order valence-corrected chi connectivity index (χ1v) is 8.69. The fourth-order valence-electron chi connectivity index (χ4n) is 4.03. The van der Waals surface area contributed by atoms with Gasteiger partial charge in [-0.3, -0.25) is 0 Å². The Hall–Kier alpha value is -2.39. The van der Waals surface area contributed by atoms with Gasteiger partial charge in [-0.2, -0.15) is 5.26 Å². The first kappa shape index (κ1) is 15.2. The lowest BCUT2D eigenvalue weighted by Crippen LogP contribution is -2.34. The van der Waals surface area contributed by atoms with Crippen LogP contribution in [0.4, 0.5) is 0 Å². The van der Waals surface area contributed by atoms with Crippen molar-refractivity contribution in [1.29, 1.82) is 5.26 Å². The van der Waals surface area contributed by atoms with Gasteiger partial charge in [0.1, 0.15) is 17.0 Å². The maximum atomic E-state index is 8.65. The predicted molar refractivity (Wildman–Crippen MR) is 93.6 cm³/mol. The molecule has 0 radical (unpaired) electrons. The van der Waals surface area contributed by atoms with Crippen molar-refractivity contribution in [2.75, 3.05) is 6.54 Å². The van der Waals surface area contributed by atoms with E-state index in [-0.39, 0.29) is 0 Å². The van der Waals surface area contributed by atoms with E-state index in [1.54, 1.807) is 0 Å². The second kappa shape index (κ2) is 6.25. The predicted octanol–water partition coefficient (Wildman–Crippen LogP) is 3.21. The Bertz CT molecular complexity index is 891. The van der Waals surface area contributed by atoms with E-state index in [0.717, 1.165) is 54.6 Å². The molecule has 0 bridgehead atoms. The summed E-state index contributed by atoms with van der Waals surface area (Å²) in [6.07, 6.45) is 8.98. The van der Waals surface area contributed by atoms with Gasteiger partial charge in [-0.15, -0.1) is 0 Å². The zero-order chi connectivity index (χ0) is 16.5. The molecule has 0 aliphatic heterocycles. The molecule has 3 aromatic rings. The van der Waals surface area contributed by atoms with E-state index in [1.165, 1.54) is 5.52 Å². The molecular formula is C18H22N6. The van der Waals surface area contributed by atoms with E-state index in [1.807, 2.05) is 12.4 Å². The second-order valence-electron chi connectivity index (χ2n) is 6.63. The maximum absolute atomic E-state index is 8.65. The summed E-state index contributed by atoms with van der Waals surface area (Å²) in [5.41, 5.74) is 3.11. The first-order chi connectivity index (χ1) is 11.8. The zero-order valence-electron chi connectivity index (χ0n) is 13.9. The number of imidazole rings is 1. The number of fused-ring (bicyclic) bond motifs is 3. The summed E-state index contributed by atoms with van der Waals surface area (Å²) in [5.74, 6) is 1.07. The third kappa shape index (κ3) is 2.55. The fourth-order valence-corrected chi connectivity index (χ4v) is 4.03. The highest BCUT2D eigenvalue weighted by molar-refractivity contribution is 6.01. The molecule has 3 heterocycles. The van der Waals surface area contributed by atoms with Crippen molar-refractivity contribution >= 4 is 22.1 Å². The number of pyridine rings is 1. The Morgan fingerprint density at radius 3 is 3.00 bits per heavy atom. The number of rotatable bonds is 4. The normalized spacial score (nSPS) is 21.3. The fraction of sp³-hybridized carbons (Fsp3) is 0.500. The summed E-state index contributed by atoms with van der Waals surface area (Å²) in [5, 5.41) is 13.3. The van der Waals surface area contributed by atoms with Crippen LogP contribution in [-0.2, 0) is 0 Å². The number of H-pyrrole nitrogens is 1. The van der Waals surface area contributed by atoms with Gasteiger partial charge in [-0.05, 0) is 38.7 Å². The van der Waals surface area contributed by atoms with Gasteiger partial charge in [-0.25, -0.2) is 9.97 Å². The van der Waals surface area contributed by atoms with E-state index in [2.05, 4.69) is 38.9 Å². The Morgan fingerprint density at radius 2 is 2.21 bits per heavy atom. The minimum Gasteiger partial charge on any atom is -0.346 e. The average Bonchev–Trinajstić information content (AvgIpc) is 3.19. The molecule has 1 fully saturated rings. The SMILES string of the molecule is Cc1nc2cnc3[nH]ccc3c2n1[C@H]1CC[C@H](NCCC#N)CC1. The third-order valence-corrected chi connectivity index (χ3v) is 5.14. The molecule has 1 aliphatic rings. The summed E-state index contributed by atoms with van der Waals surface area (Å²) in [6.45, 7) is 2.89. The first-order valence-electron chi connectivity index (χ1n) is 8.69. The number of nitrogens with zero attached hydrogens (tertiary/aromatic N) is 4. The van der Waals surface area contributed by atoms with E-state index >= 15 is 0 Å². The highest BCUT2D eigenvalue weighted by Crippen LogP contribution is 2.34. The highest BCUT2D eigenvalue weighted by atomic mass is 15.1. The lowest BCUT2D eigenvalue weighted by atomic mass is 9.90. The minimum atomic E-state index is 0.490. The number of aryl methyl sites for hydroxylation is 1. The summed E-state index contributed by atoms with van der Waals surface area (Å²) in [6, 6.07) is 5.32. The van der Waals surface area contributed by atoms with E-state index in [0.29, 0.717) is 18.5 Å². The van der Waals surface area contributed by atoms with E-state index in [4.69, 9.17) is 10.2 Å². The Labute approximate surface area is 140 Å². The smallest absolute Gasteiger partial charge is 0.139 e. The lowest BCUT2D eigenvalue weighted by molar-refractivity contribution is 0.294. The molecule has 2 N–H and O–H groups in total. The van der Waals surface area contributed by atoms with Crippen LogP contribution in [0.3, 0.4) is 0 Å². The van der Waals surface area contributed by atoms with Crippen molar-refractivity contribution < 1.29 is 0 Å². The number of hydrogen-bond donors (Lipinski definition) is 2. The monoisotopic (exact) mass is 322 g/mol. The third-order valence-electron chi connectivity index (χ3n) is 5.14. The molecule has 0 atom stereocenters. The van der Waals surface area contributed by atoms with Crippen molar-refractivity contribution in [2.24, 2.45) is 0 Å². The van der Waals surface area contributed by atoms with Gasteiger partial charge in [-0.1, -0.05) is 0 Å². The molecule has 0 saturated heterocycles. The van der Waals surface area contributed by atoms with Crippen LogP contribution in [-0.4, -0.2) is 32.1 Å². The van der Waals surface area contributed by atoms with Crippen molar-refractivity contribution in [3.05, 3.63) is 24.3 Å². The van der Waals surface area contributed by atoms with Crippen molar-refractivity contribution in [2.45, 2.75) is 51.1 Å². The molecule has 1 saturated carbocycles. The molecule has 6 nitrogen and oxygen atoms in total. The van der Waals surface area contributed by atoms with E-state index < -0.39 is 0 Å². The number of nitriles is 1. The molecule has 0 spiro atoms. The number of nitrogens with one attached hydrogen (secondary N) is 2. The van der Waals surface area contributed by atoms with Crippen LogP contribution in [0.1, 0.15) is 44.0 Å². The highest BCUT2D eigenvalue weighted by Gasteiger charge is 2.25. The molecule has 0 aromatic carbocycles. The average molecular weight is 322 g/mol. The van der Waals surface area contributed by atoms with Gasteiger partial charge in [0.25, 0.3) is 0 Å². The molecule has 4 rings (SSSR count). The topological polar surface area (TPSA) is 82.3 Å². The van der Waals surface area contributed by atoms with Gasteiger partial charge in [0.15, 0.2) is 0 Å². The Morgan fingerprint density at radius 1 is 1.38 bits per heavy atom. The van der Waals surface area contributed by atoms with Crippen molar-refractivity contribution in [3.63, 3.8) is 0 Å². The largest absolute Gasteiger partial charge is 0.346 e. The maximum Gasteiger partial charge on any atom is 0.139 e. The van der Waals surface area contributed by atoms with Crippen LogP contribution in [0, 0.1) is 18.3 Å². The Balaban J connectivity index is 1.60. The van der Waals surface area contributed by atoms with Gasteiger partial charge in [0, 0.05) is 36.6 Å². The number of aromatic nitrogens is 4. The quantitative estimate of drug-likeness (QED) is 0.723. The number of aromatic amines is 1. The standard InChI is InChI=1S/C18H22N6/c1-12-23-16-11-22-18-15(7-10-21-18)17(16)24(12)14-5-3-13(4-6-14)20-9-2-8-19/h7,10-11,13-14,20H,2-6,9H2,1H3,(H,21,22)/t13-,14-. The van der Waals surface area contributed by atoms with Gasteiger partial charge in [0.2, 0.25) is 0 Å². The summed E-state index contributed by atoms with van der Waals surface area (Å²) < 4.78 is 2.42. The van der Waals surface area contributed by atoms with E-state index in [9.17, 15) is 0 Å². The molecule has 1 aliphatic carbocycles. The van der Waals surface area contributed by atoms with Gasteiger partial charge in [0.05, 0.1) is 17.8 Å². The lowest BCUT2D eigenvalue weighted by Gasteiger charge is -2.31. The molecule has 0 unspecified atom stereocenters. The number of hydrogen-bond acceptors (Lipinski definition) is 4.